The molecule has 0 amide bonds. The highest BCUT2D eigenvalue weighted by Gasteiger charge is 2.08. The SMILES string of the molecule is CC(Nc1cc2n[nH]c(=O)n2cn1)c1cn[nH]c1. The molecule has 0 radical (unpaired) electrons. The van der Waals surface area contributed by atoms with Gasteiger partial charge in [-0.3, -0.25) is 5.10 Å². The fraction of sp³-hybridized carbons (Fsp3) is 0.200. The van der Waals surface area contributed by atoms with E-state index >= 15 is 0 Å². The molecule has 18 heavy (non-hydrogen) atoms. The largest absolute Gasteiger partial charge is 0.363 e. The number of fused-ring (bicyclic) bond motifs is 1. The minimum Gasteiger partial charge on any atom is -0.363 e. The van der Waals surface area contributed by atoms with Crippen molar-refractivity contribution in [3.63, 3.8) is 0 Å². The topological polar surface area (TPSA) is 104 Å². The lowest BCUT2D eigenvalue weighted by Gasteiger charge is -2.12. The van der Waals surface area contributed by atoms with E-state index in [4.69, 9.17) is 0 Å². The van der Waals surface area contributed by atoms with Crippen molar-refractivity contribution in [3.8, 4) is 0 Å². The molecule has 0 fully saturated rings. The lowest BCUT2D eigenvalue weighted by atomic mass is 10.2. The second-order valence-corrected chi connectivity index (χ2v) is 3.93. The zero-order valence-electron chi connectivity index (χ0n) is 9.58. The molecule has 3 N–H and O–H groups in total. The molecule has 0 aliphatic heterocycles. The normalized spacial score (nSPS) is 12.7. The van der Waals surface area contributed by atoms with Gasteiger partial charge in [0.2, 0.25) is 0 Å². The van der Waals surface area contributed by atoms with Crippen molar-refractivity contribution in [3.05, 3.63) is 40.8 Å². The Kier molecular flexibility index (Phi) is 2.33. The van der Waals surface area contributed by atoms with Crippen molar-refractivity contribution in [1.29, 1.82) is 0 Å². The Hall–Kier alpha value is -2.64. The molecule has 0 aliphatic carbocycles. The summed E-state index contributed by atoms with van der Waals surface area (Å²) >= 11 is 0. The summed E-state index contributed by atoms with van der Waals surface area (Å²) in [5.74, 6) is 0.648. The molecule has 0 aromatic carbocycles. The van der Waals surface area contributed by atoms with Crippen LogP contribution in [-0.2, 0) is 0 Å². The molecule has 0 saturated heterocycles. The van der Waals surface area contributed by atoms with E-state index in [-0.39, 0.29) is 11.7 Å². The van der Waals surface area contributed by atoms with Crippen molar-refractivity contribution in [1.82, 2.24) is 29.8 Å². The average Bonchev–Trinajstić information content (AvgIpc) is 2.99. The molecule has 0 bridgehead atoms. The zero-order valence-corrected chi connectivity index (χ0v) is 9.58. The Bertz CT molecular complexity index is 711. The van der Waals surface area contributed by atoms with E-state index in [0.717, 1.165) is 5.56 Å². The fourth-order valence-electron chi connectivity index (χ4n) is 1.69. The third-order valence-electron chi connectivity index (χ3n) is 2.69. The van der Waals surface area contributed by atoms with Crippen LogP contribution in [0.1, 0.15) is 18.5 Å². The maximum absolute atomic E-state index is 11.3. The van der Waals surface area contributed by atoms with Crippen molar-refractivity contribution < 1.29 is 0 Å². The predicted octanol–water partition coefficient (Wildman–Crippen LogP) is 0.314. The molecule has 3 aromatic rings. The van der Waals surface area contributed by atoms with Gasteiger partial charge in [-0.1, -0.05) is 0 Å². The van der Waals surface area contributed by atoms with Gasteiger partial charge in [0.15, 0.2) is 5.65 Å². The van der Waals surface area contributed by atoms with Gasteiger partial charge in [0.05, 0.1) is 12.2 Å². The molecule has 0 aliphatic rings. The van der Waals surface area contributed by atoms with E-state index in [1.807, 2.05) is 13.1 Å². The van der Waals surface area contributed by atoms with Gasteiger partial charge in [-0.25, -0.2) is 19.3 Å². The number of rotatable bonds is 3. The molecule has 1 unspecified atom stereocenters. The minimum absolute atomic E-state index is 0.0596. The van der Waals surface area contributed by atoms with Crippen molar-refractivity contribution in [2.24, 2.45) is 0 Å². The molecule has 0 spiro atoms. The average molecular weight is 245 g/mol. The smallest absolute Gasteiger partial charge is 0.348 e. The van der Waals surface area contributed by atoms with Crippen LogP contribution in [0, 0.1) is 0 Å². The molecular weight excluding hydrogens is 234 g/mol. The van der Waals surface area contributed by atoms with Crippen LogP contribution in [0.4, 0.5) is 5.82 Å². The molecule has 3 heterocycles. The number of nitrogens with one attached hydrogen (secondary N) is 3. The molecule has 0 saturated carbocycles. The quantitative estimate of drug-likeness (QED) is 0.616. The minimum atomic E-state index is -0.299. The number of aromatic amines is 2. The lowest BCUT2D eigenvalue weighted by Crippen LogP contribution is -2.11. The van der Waals surface area contributed by atoms with E-state index in [2.05, 4.69) is 30.7 Å². The van der Waals surface area contributed by atoms with Crippen molar-refractivity contribution >= 4 is 11.5 Å². The molecule has 1 atom stereocenters. The van der Waals surface area contributed by atoms with Gasteiger partial charge in [-0.05, 0) is 6.92 Å². The van der Waals surface area contributed by atoms with Crippen molar-refractivity contribution in [2.45, 2.75) is 13.0 Å². The number of hydrogen-bond donors (Lipinski definition) is 3. The Morgan fingerprint density at radius 1 is 1.50 bits per heavy atom. The number of nitrogens with zero attached hydrogens (tertiary/aromatic N) is 4. The number of hydrogen-bond acceptors (Lipinski definition) is 5. The molecule has 8 nitrogen and oxygen atoms in total. The van der Waals surface area contributed by atoms with E-state index < -0.39 is 0 Å². The highest BCUT2D eigenvalue weighted by Crippen LogP contribution is 2.16. The summed E-state index contributed by atoms with van der Waals surface area (Å²) in [5.41, 5.74) is 1.25. The van der Waals surface area contributed by atoms with Gasteiger partial charge in [0.1, 0.15) is 12.1 Å². The monoisotopic (exact) mass is 245 g/mol. The third kappa shape index (κ3) is 1.73. The first kappa shape index (κ1) is 10.5. The molecule has 3 rings (SSSR count). The van der Waals surface area contributed by atoms with Crippen LogP contribution < -0.4 is 11.0 Å². The Balaban J connectivity index is 1.89. The first-order chi connectivity index (χ1) is 8.74. The summed E-state index contributed by atoms with van der Waals surface area (Å²) in [6.45, 7) is 1.99. The summed E-state index contributed by atoms with van der Waals surface area (Å²) in [6.07, 6.45) is 5.00. The maximum atomic E-state index is 11.3. The Morgan fingerprint density at radius 3 is 3.17 bits per heavy atom. The second kappa shape index (κ2) is 3.99. The van der Waals surface area contributed by atoms with Crippen LogP contribution >= 0.6 is 0 Å². The van der Waals surface area contributed by atoms with Crippen LogP contribution in [0.5, 0.6) is 0 Å². The second-order valence-electron chi connectivity index (χ2n) is 3.93. The van der Waals surface area contributed by atoms with Crippen LogP contribution in [0.15, 0.2) is 29.6 Å². The van der Waals surface area contributed by atoms with E-state index in [0.29, 0.717) is 11.5 Å². The van der Waals surface area contributed by atoms with Gasteiger partial charge >= 0.3 is 5.69 Å². The maximum Gasteiger partial charge on any atom is 0.348 e. The van der Waals surface area contributed by atoms with E-state index in [1.54, 1.807) is 12.3 Å². The summed E-state index contributed by atoms with van der Waals surface area (Å²) in [4.78, 5) is 15.4. The first-order valence-electron chi connectivity index (χ1n) is 5.42. The van der Waals surface area contributed by atoms with Crippen LogP contribution in [0.2, 0.25) is 0 Å². The van der Waals surface area contributed by atoms with Crippen molar-refractivity contribution in [2.75, 3.05) is 5.32 Å². The van der Waals surface area contributed by atoms with Gasteiger partial charge in [-0.15, -0.1) is 0 Å². The third-order valence-corrected chi connectivity index (χ3v) is 2.69. The summed E-state index contributed by atoms with van der Waals surface area (Å²) in [6, 6.07) is 1.76. The van der Waals surface area contributed by atoms with Crippen LogP contribution in [0.25, 0.3) is 5.65 Å². The highest BCUT2D eigenvalue weighted by molar-refractivity contribution is 5.49. The van der Waals surface area contributed by atoms with Gasteiger partial charge in [0.25, 0.3) is 0 Å². The molecule has 8 heteroatoms. The standard InChI is InChI=1S/C10H11N7O/c1-6(7-3-12-13-4-7)14-8-2-9-15-16-10(18)17(9)5-11-8/h2-6,14H,1H3,(H,12,13)(H,16,18). The molecule has 92 valence electrons. The van der Waals surface area contributed by atoms with E-state index in [1.165, 1.54) is 10.7 Å². The summed E-state index contributed by atoms with van der Waals surface area (Å²) in [5, 5.41) is 16.1. The molecule has 3 aromatic heterocycles. The van der Waals surface area contributed by atoms with Gasteiger partial charge in [0, 0.05) is 17.8 Å². The number of anilines is 1. The van der Waals surface area contributed by atoms with Gasteiger partial charge in [-0.2, -0.15) is 10.2 Å². The fourth-order valence-corrected chi connectivity index (χ4v) is 1.69. The Morgan fingerprint density at radius 2 is 2.39 bits per heavy atom. The first-order valence-corrected chi connectivity index (χ1v) is 5.42. The lowest BCUT2D eigenvalue weighted by molar-refractivity contribution is 0.870. The summed E-state index contributed by atoms with van der Waals surface area (Å²) < 4.78 is 1.34. The molecular formula is C10H11N7O. The Labute approximate surface area is 101 Å². The summed E-state index contributed by atoms with van der Waals surface area (Å²) in [7, 11) is 0. The van der Waals surface area contributed by atoms with E-state index in [9.17, 15) is 4.79 Å². The van der Waals surface area contributed by atoms with Crippen LogP contribution in [-0.4, -0.2) is 29.8 Å². The zero-order chi connectivity index (χ0) is 12.5. The number of aromatic nitrogens is 6. The number of H-pyrrole nitrogens is 2. The highest BCUT2D eigenvalue weighted by atomic mass is 16.1. The van der Waals surface area contributed by atoms with Crippen LogP contribution in [0.3, 0.4) is 0 Å². The predicted molar refractivity (Wildman–Crippen MR) is 64.2 cm³/mol. The van der Waals surface area contributed by atoms with Gasteiger partial charge < -0.3 is 5.32 Å².